The highest BCUT2D eigenvalue weighted by Crippen LogP contribution is 2.19. The Kier molecular flexibility index (Phi) is 12.7. The monoisotopic (exact) mass is 644 g/mol. The number of amides is 4. The highest BCUT2D eigenvalue weighted by Gasteiger charge is 2.31. The number of hydrogen-bond donors (Lipinski definition) is 4. The molecule has 4 amide bonds. The van der Waals surface area contributed by atoms with Gasteiger partial charge in [0.05, 0.1) is 17.3 Å². The van der Waals surface area contributed by atoms with Crippen molar-refractivity contribution < 1.29 is 24.3 Å². The molecule has 3 rings (SSSR count). The van der Waals surface area contributed by atoms with Crippen molar-refractivity contribution in [1.29, 1.82) is 5.26 Å². The van der Waals surface area contributed by atoms with E-state index in [2.05, 4.69) is 20.9 Å². The summed E-state index contributed by atoms with van der Waals surface area (Å²) in [5, 5.41) is 28.7. The molecule has 12 heteroatoms. The molecule has 46 heavy (non-hydrogen) atoms. The van der Waals surface area contributed by atoms with E-state index in [1.807, 2.05) is 51.1 Å². The van der Waals surface area contributed by atoms with Crippen molar-refractivity contribution in [2.45, 2.75) is 65.8 Å². The molecule has 1 aromatic heterocycles. The summed E-state index contributed by atoms with van der Waals surface area (Å²) >= 11 is 1.15. The summed E-state index contributed by atoms with van der Waals surface area (Å²) in [5.74, 6) is -2.27. The molecule has 242 valence electrons. The number of likely N-dealkylation sites (N-methyl/N-ethyl adjacent to an activating group) is 1. The van der Waals surface area contributed by atoms with Gasteiger partial charge in [0, 0.05) is 25.7 Å². The van der Waals surface area contributed by atoms with Gasteiger partial charge in [-0.3, -0.25) is 19.2 Å². The van der Waals surface area contributed by atoms with Crippen molar-refractivity contribution >= 4 is 40.7 Å². The standard InChI is InChI=1S/C34H40N6O5S/c1-20(2)14-26(17-35)34(45)40(6)27-9-7-8-25(15-27)16-28(31(42)37-18-24-12-10-21(3)11-13-24)38-33(44)30(22(4)41)39-32(43)29-19-36-23(5)46-29/h7-15,19-20,22,28,30,41H,16,18H2,1-6H3,(H,37,42)(H,38,44)(H,39,43)/t22-,28+,30+/m1/s1. The highest BCUT2D eigenvalue weighted by atomic mass is 32.1. The summed E-state index contributed by atoms with van der Waals surface area (Å²) in [6.45, 7) is 9.03. The first-order chi connectivity index (χ1) is 21.8. The smallest absolute Gasteiger partial charge is 0.268 e. The lowest BCUT2D eigenvalue weighted by Gasteiger charge is -2.25. The summed E-state index contributed by atoms with van der Waals surface area (Å²) in [7, 11) is 1.56. The number of aryl methyl sites for hydroxylation is 2. The van der Waals surface area contributed by atoms with Crippen LogP contribution in [0.25, 0.3) is 0 Å². The third-order valence-corrected chi connectivity index (χ3v) is 7.92. The molecular weight excluding hydrogens is 604 g/mol. The summed E-state index contributed by atoms with van der Waals surface area (Å²) in [6.07, 6.45) is 1.74. The summed E-state index contributed by atoms with van der Waals surface area (Å²) in [5.41, 5.74) is 3.07. The fourth-order valence-corrected chi connectivity index (χ4v) is 5.17. The molecule has 11 nitrogen and oxygen atoms in total. The Balaban J connectivity index is 1.85. The van der Waals surface area contributed by atoms with Gasteiger partial charge < -0.3 is 26.0 Å². The number of aliphatic hydroxyl groups excluding tert-OH is 1. The van der Waals surface area contributed by atoms with Crippen molar-refractivity contribution in [1.82, 2.24) is 20.9 Å². The molecule has 0 saturated heterocycles. The first-order valence-corrected chi connectivity index (χ1v) is 15.6. The van der Waals surface area contributed by atoms with E-state index in [-0.39, 0.29) is 29.3 Å². The Hall–Kier alpha value is -4.86. The van der Waals surface area contributed by atoms with Crippen LogP contribution in [0.5, 0.6) is 0 Å². The number of thiazole rings is 1. The zero-order chi connectivity index (χ0) is 34.0. The van der Waals surface area contributed by atoms with E-state index in [0.717, 1.165) is 22.5 Å². The molecule has 1 heterocycles. The largest absolute Gasteiger partial charge is 0.391 e. The molecule has 0 fully saturated rings. The number of nitrogens with one attached hydrogen (secondary N) is 3. The van der Waals surface area contributed by atoms with Crippen molar-refractivity contribution in [3.05, 3.63) is 93.0 Å². The van der Waals surface area contributed by atoms with Crippen LogP contribution in [-0.2, 0) is 27.3 Å². The van der Waals surface area contributed by atoms with E-state index in [4.69, 9.17) is 0 Å². The Bertz CT molecular complexity index is 1620. The molecule has 0 radical (unpaired) electrons. The van der Waals surface area contributed by atoms with Crippen LogP contribution in [0.3, 0.4) is 0 Å². The maximum Gasteiger partial charge on any atom is 0.268 e. The quantitative estimate of drug-likeness (QED) is 0.164. The molecule has 0 bridgehead atoms. The number of nitrogens with zero attached hydrogens (tertiary/aromatic N) is 3. The van der Waals surface area contributed by atoms with Gasteiger partial charge >= 0.3 is 0 Å². The highest BCUT2D eigenvalue weighted by molar-refractivity contribution is 7.13. The van der Waals surface area contributed by atoms with Crippen LogP contribution in [-0.4, -0.2) is 59.0 Å². The van der Waals surface area contributed by atoms with Gasteiger partial charge in [0.15, 0.2) is 0 Å². The predicted octanol–water partition coefficient (Wildman–Crippen LogP) is 3.35. The average Bonchev–Trinajstić information content (AvgIpc) is 3.47. The van der Waals surface area contributed by atoms with Crippen molar-refractivity contribution in [3.8, 4) is 6.07 Å². The average molecular weight is 645 g/mol. The summed E-state index contributed by atoms with van der Waals surface area (Å²) < 4.78 is 0. The van der Waals surface area contributed by atoms with Crippen LogP contribution in [0.15, 0.2) is 66.4 Å². The molecule has 0 aliphatic heterocycles. The third kappa shape index (κ3) is 10.1. The van der Waals surface area contributed by atoms with Gasteiger partial charge in [0.2, 0.25) is 11.8 Å². The summed E-state index contributed by atoms with van der Waals surface area (Å²) in [6, 6.07) is 14.0. The van der Waals surface area contributed by atoms with Crippen molar-refractivity contribution in [3.63, 3.8) is 0 Å². The number of aromatic nitrogens is 1. The van der Waals surface area contributed by atoms with E-state index in [0.29, 0.717) is 16.3 Å². The topological polar surface area (TPSA) is 165 Å². The SMILES string of the molecule is Cc1ccc(CNC(=O)[C@H](Cc2cccc(N(C)C(=O)C(C#N)=CC(C)C)c2)NC(=O)[C@@H](NC(=O)c2cnc(C)s2)[C@@H](C)O)cc1. The first-order valence-electron chi connectivity index (χ1n) is 14.8. The lowest BCUT2D eigenvalue weighted by Crippen LogP contribution is -2.57. The lowest BCUT2D eigenvalue weighted by atomic mass is 10.0. The zero-order valence-electron chi connectivity index (χ0n) is 26.8. The van der Waals surface area contributed by atoms with Gasteiger partial charge in [-0.05, 0) is 49.9 Å². The maximum absolute atomic E-state index is 13.5. The molecule has 0 aliphatic rings. The number of hydrogen-bond acceptors (Lipinski definition) is 8. The minimum atomic E-state index is -1.35. The van der Waals surface area contributed by atoms with Gasteiger partial charge in [-0.15, -0.1) is 11.3 Å². The molecule has 0 spiro atoms. The summed E-state index contributed by atoms with van der Waals surface area (Å²) in [4.78, 5) is 58.5. The fraction of sp³-hybridized carbons (Fsp3) is 0.353. The number of anilines is 1. The van der Waals surface area contributed by atoms with E-state index < -0.39 is 41.8 Å². The normalized spacial score (nSPS) is 13.2. The van der Waals surface area contributed by atoms with E-state index in [9.17, 15) is 29.5 Å². The Labute approximate surface area is 273 Å². The molecular formula is C34H40N6O5S. The van der Waals surface area contributed by atoms with E-state index >= 15 is 0 Å². The van der Waals surface area contributed by atoms with Gasteiger partial charge in [0.25, 0.3) is 11.8 Å². The van der Waals surface area contributed by atoms with Crippen molar-refractivity contribution in [2.75, 3.05) is 11.9 Å². The predicted molar refractivity (Wildman–Crippen MR) is 177 cm³/mol. The van der Waals surface area contributed by atoms with Gasteiger partial charge in [-0.1, -0.05) is 61.9 Å². The molecule has 3 aromatic rings. The van der Waals surface area contributed by atoms with Crippen LogP contribution in [0.4, 0.5) is 5.69 Å². The minimum absolute atomic E-state index is 0.00229. The zero-order valence-corrected chi connectivity index (χ0v) is 27.6. The molecule has 0 unspecified atom stereocenters. The lowest BCUT2D eigenvalue weighted by molar-refractivity contribution is -0.131. The van der Waals surface area contributed by atoms with Gasteiger partial charge in [0.1, 0.15) is 28.6 Å². The van der Waals surface area contributed by atoms with Crippen molar-refractivity contribution in [2.24, 2.45) is 5.92 Å². The first kappa shape index (κ1) is 35.6. The Morgan fingerprint density at radius 1 is 1.02 bits per heavy atom. The molecule has 0 aliphatic carbocycles. The number of carbonyl (C=O) groups is 4. The Morgan fingerprint density at radius 3 is 2.30 bits per heavy atom. The van der Waals surface area contributed by atoms with Crippen LogP contribution in [0, 0.1) is 31.1 Å². The van der Waals surface area contributed by atoms with Crippen LogP contribution in [0.1, 0.15) is 52.1 Å². The van der Waals surface area contributed by atoms with Gasteiger partial charge in [-0.2, -0.15) is 5.26 Å². The van der Waals surface area contributed by atoms with E-state index in [1.165, 1.54) is 18.0 Å². The maximum atomic E-state index is 13.5. The number of rotatable bonds is 13. The number of benzene rings is 2. The van der Waals surface area contributed by atoms with E-state index in [1.54, 1.807) is 44.3 Å². The number of carbonyl (C=O) groups excluding carboxylic acids is 4. The molecule has 4 N–H and O–H groups in total. The molecule has 2 aromatic carbocycles. The molecule has 0 saturated carbocycles. The molecule has 3 atom stereocenters. The Morgan fingerprint density at radius 2 is 1.72 bits per heavy atom. The number of aliphatic hydroxyl groups is 1. The minimum Gasteiger partial charge on any atom is -0.391 e. The van der Waals surface area contributed by atoms with Crippen LogP contribution >= 0.6 is 11.3 Å². The number of nitriles is 1. The van der Waals surface area contributed by atoms with Crippen LogP contribution < -0.4 is 20.9 Å². The second-order valence-corrected chi connectivity index (χ2v) is 12.6. The second kappa shape index (κ2) is 16.5. The third-order valence-electron chi connectivity index (χ3n) is 7.01. The van der Waals surface area contributed by atoms with Gasteiger partial charge in [-0.25, -0.2) is 4.98 Å². The number of allylic oxidation sites excluding steroid dienone is 1. The second-order valence-electron chi connectivity index (χ2n) is 11.4. The fourth-order valence-electron chi connectivity index (χ4n) is 4.49. The van der Waals surface area contributed by atoms with Crippen LogP contribution in [0.2, 0.25) is 0 Å².